The second kappa shape index (κ2) is 4.32. The molecule has 2 saturated heterocycles. The predicted octanol–water partition coefficient (Wildman–Crippen LogP) is -0.350. The van der Waals surface area contributed by atoms with Crippen molar-refractivity contribution in [3.8, 4) is 0 Å². The Labute approximate surface area is 107 Å². The van der Waals surface area contributed by atoms with Crippen LogP contribution in [-0.2, 0) is 17.1 Å². The van der Waals surface area contributed by atoms with Crippen LogP contribution in [0.15, 0.2) is 17.3 Å². The molecule has 0 saturated carbocycles. The molecule has 2 bridgehead atoms. The van der Waals surface area contributed by atoms with E-state index >= 15 is 0 Å². The van der Waals surface area contributed by atoms with Crippen LogP contribution in [-0.4, -0.2) is 48.7 Å². The Kier molecular flexibility index (Phi) is 2.91. The van der Waals surface area contributed by atoms with Crippen LogP contribution in [0.25, 0.3) is 0 Å². The van der Waals surface area contributed by atoms with Gasteiger partial charge in [0.25, 0.3) is 0 Å². The second-order valence-corrected chi connectivity index (χ2v) is 7.24. The molecular formula is C11H18N4O2S. The fraction of sp³-hybridized carbons (Fsp3) is 0.727. The summed E-state index contributed by atoms with van der Waals surface area (Å²) in [6.45, 7) is 3.10. The molecule has 3 rings (SSSR count). The van der Waals surface area contributed by atoms with E-state index in [1.165, 1.54) is 10.9 Å². The highest BCUT2D eigenvalue weighted by Crippen LogP contribution is 2.28. The monoisotopic (exact) mass is 270 g/mol. The van der Waals surface area contributed by atoms with E-state index in [9.17, 15) is 8.42 Å². The minimum Gasteiger partial charge on any atom is -0.316 e. The lowest BCUT2D eigenvalue weighted by Gasteiger charge is -2.40. The molecule has 18 heavy (non-hydrogen) atoms. The molecule has 1 aromatic rings. The molecule has 2 fully saturated rings. The van der Waals surface area contributed by atoms with E-state index in [0.29, 0.717) is 29.8 Å². The fourth-order valence-electron chi connectivity index (χ4n) is 2.94. The average molecular weight is 270 g/mol. The average Bonchev–Trinajstić information content (AvgIpc) is 2.76. The van der Waals surface area contributed by atoms with Crippen molar-refractivity contribution in [1.82, 2.24) is 19.4 Å². The maximum atomic E-state index is 12.5. The summed E-state index contributed by atoms with van der Waals surface area (Å²) in [5.41, 5.74) is 0. The lowest BCUT2D eigenvalue weighted by atomic mass is 9.87. The van der Waals surface area contributed by atoms with Crippen molar-refractivity contribution < 1.29 is 8.42 Å². The largest absolute Gasteiger partial charge is 0.316 e. The molecule has 3 heterocycles. The molecule has 7 heteroatoms. The zero-order valence-electron chi connectivity index (χ0n) is 10.4. The third-order valence-electron chi connectivity index (χ3n) is 3.78. The van der Waals surface area contributed by atoms with Crippen LogP contribution in [0.1, 0.15) is 6.42 Å². The van der Waals surface area contributed by atoms with Crippen molar-refractivity contribution in [1.29, 1.82) is 0 Å². The molecule has 0 radical (unpaired) electrons. The SMILES string of the molecule is Cn1cc(S(=O)(=O)N2C[C@@H]3CNC[C@H](C3)C2)cn1. The molecule has 6 nitrogen and oxygen atoms in total. The molecule has 0 aliphatic carbocycles. The molecular weight excluding hydrogens is 252 g/mol. The summed E-state index contributed by atoms with van der Waals surface area (Å²) in [6, 6.07) is 0. The number of hydrogen-bond donors (Lipinski definition) is 1. The number of hydrogen-bond acceptors (Lipinski definition) is 4. The summed E-state index contributed by atoms with van der Waals surface area (Å²) in [5.74, 6) is 0.896. The second-order valence-electron chi connectivity index (χ2n) is 5.30. The maximum Gasteiger partial charge on any atom is 0.246 e. The van der Waals surface area contributed by atoms with Crippen LogP contribution in [0, 0.1) is 11.8 Å². The highest BCUT2D eigenvalue weighted by atomic mass is 32.2. The first-order valence-corrected chi connectivity index (χ1v) is 7.69. The molecule has 0 unspecified atom stereocenters. The zero-order valence-corrected chi connectivity index (χ0v) is 11.2. The predicted molar refractivity (Wildman–Crippen MR) is 66.4 cm³/mol. The molecule has 1 aromatic heterocycles. The normalized spacial score (nSPS) is 29.4. The lowest BCUT2D eigenvalue weighted by molar-refractivity contribution is 0.158. The van der Waals surface area contributed by atoms with E-state index in [4.69, 9.17) is 0 Å². The topological polar surface area (TPSA) is 67.2 Å². The van der Waals surface area contributed by atoms with E-state index in [1.807, 2.05) is 0 Å². The van der Waals surface area contributed by atoms with Crippen molar-refractivity contribution in [3.05, 3.63) is 12.4 Å². The van der Waals surface area contributed by atoms with Gasteiger partial charge in [-0.1, -0.05) is 0 Å². The summed E-state index contributed by atoms with van der Waals surface area (Å²) in [5, 5.41) is 7.31. The molecule has 0 aromatic carbocycles. The number of aryl methyl sites for hydroxylation is 1. The summed E-state index contributed by atoms with van der Waals surface area (Å²) in [6.07, 6.45) is 4.14. The Balaban J connectivity index is 1.86. The van der Waals surface area contributed by atoms with Gasteiger partial charge in [0.2, 0.25) is 10.0 Å². The van der Waals surface area contributed by atoms with Gasteiger partial charge in [-0.15, -0.1) is 0 Å². The first kappa shape index (κ1) is 12.1. The number of rotatable bonds is 2. The molecule has 2 atom stereocenters. The van der Waals surface area contributed by atoms with Gasteiger partial charge in [-0.2, -0.15) is 9.40 Å². The van der Waals surface area contributed by atoms with Crippen LogP contribution in [0.5, 0.6) is 0 Å². The number of nitrogens with zero attached hydrogens (tertiary/aromatic N) is 3. The van der Waals surface area contributed by atoms with Crippen LogP contribution < -0.4 is 5.32 Å². The van der Waals surface area contributed by atoms with Crippen LogP contribution in [0.3, 0.4) is 0 Å². The van der Waals surface area contributed by atoms with Crippen molar-refractivity contribution >= 4 is 10.0 Å². The third-order valence-corrected chi connectivity index (χ3v) is 5.56. The van der Waals surface area contributed by atoms with Crippen molar-refractivity contribution in [2.45, 2.75) is 11.3 Å². The molecule has 100 valence electrons. The fourth-order valence-corrected chi connectivity index (χ4v) is 4.51. The first-order valence-electron chi connectivity index (χ1n) is 6.25. The van der Waals surface area contributed by atoms with E-state index in [-0.39, 0.29) is 0 Å². The number of piperidine rings is 2. The van der Waals surface area contributed by atoms with E-state index in [0.717, 1.165) is 19.5 Å². The van der Waals surface area contributed by atoms with E-state index < -0.39 is 10.0 Å². The quantitative estimate of drug-likeness (QED) is 0.797. The molecule has 2 aliphatic rings. The molecule has 0 spiro atoms. The number of aromatic nitrogens is 2. The number of nitrogens with one attached hydrogen (secondary N) is 1. The van der Waals surface area contributed by atoms with Crippen LogP contribution in [0.4, 0.5) is 0 Å². The van der Waals surface area contributed by atoms with Gasteiger partial charge in [0.1, 0.15) is 4.90 Å². The van der Waals surface area contributed by atoms with Crippen LogP contribution >= 0.6 is 0 Å². The summed E-state index contributed by atoms with van der Waals surface area (Å²) in [7, 11) is -1.63. The Bertz CT molecular complexity index is 527. The molecule has 0 amide bonds. The summed E-state index contributed by atoms with van der Waals surface area (Å²) < 4.78 is 28.1. The van der Waals surface area contributed by atoms with Gasteiger partial charge in [-0.05, 0) is 31.3 Å². The van der Waals surface area contributed by atoms with Gasteiger partial charge in [0, 0.05) is 26.3 Å². The van der Waals surface area contributed by atoms with Gasteiger partial charge in [0.05, 0.1) is 6.20 Å². The summed E-state index contributed by atoms with van der Waals surface area (Å²) in [4.78, 5) is 0.304. The first-order chi connectivity index (χ1) is 8.55. The maximum absolute atomic E-state index is 12.5. The number of fused-ring (bicyclic) bond motifs is 2. The Morgan fingerprint density at radius 2 is 2.00 bits per heavy atom. The zero-order chi connectivity index (χ0) is 12.8. The molecule has 1 N–H and O–H groups in total. The van der Waals surface area contributed by atoms with Gasteiger partial charge < -0.3 is 5.32 Å². The smallest absolute Gasteiger partial charge is 0.246 e. The van der Waals surface area contributed by atoms with Gasteiger partial charge >= 0.3 is 0 Å². The standard InChI is InChI=1S/C11H18N4O2S/c1-14-8-11(5-13-14)18(16,17)15-6-9-2-10(7-15)4-12-3-9/h5,8-10,12H,2-4,6-7H2,1H3/t9-,10-/m0/s1. The van der Waals surface area contributed by atoms with Gasteiger partial charge in [0.15, 0.2) is 0 Å². The third kappa shape index (κ3) is 2.06. The minimum absolute atomic E-state index is 0.304. The Hall–Kier alpha value is -0.920. The van der Waals surface area contributed by atoms with Gasteiger partial charge in [-0.25, -0.2) is 8.42 Å². The lowest BCUT2D eigenvalue weighted by Crippen LogP contribution is -2.52. The van der Waals surface area contributed by atoms with Crippen molar-refractivity contribution in [2.75, 3.05) is 26.2 Å². The highest BCUT2D eigenvalue weighted by molar-refractivity contribution is 7.89. The van der Waals surface area contributed by atoms with Crippen LogP contribution in [0.2, 0.25) is 0 Å². The minimum atomic E-state index is -3.36. The highest BCUT2D eigenvalue weighted by Gasteiger charge is 2.37. The van der Waals surface area contributed by atoms with Crippen molar-refractivity contribution in [3.63, 3.8) is 0 Å². The summed E-state index contributed by atoms with van der Waals surface area (Å²) >= 11 is 0. The Morgan fingerprint density at radius 3 is 2.56 bits per heavy atom. The number of sulfonamides is 1. The van der Waals surface area contributed by atoms with E-state index in [2.05, 4.69) is 10.4 Å². The Morgan fingerprint density at radius 1 is 1.33 bits per heavy atom. The molecule has 2 aliphatic heterocycles. The van der Waals surface area contributed by atoms with Gasteiger partial charge in [-0.3, -0.25) is 4.68 Å². The van der Waals surface area contributed by atoms with Crippen molar-refractivity contribution in [2.24, 2.45) is 18.9 Å². The van der Waals surface area contributed by atoms with E-state index in [1.54, 1.807) is 17.5 Å².